The van der Waals surface area contributed by atoms with E-state index in [0.717, 1.165) is 10.9 Å². The normalized spacial score (nSPS) is 12.8. The summed E-state index contributed by atoms with van der Waals surface area (Å²) in [6.07, 6.45) is 0. The van der Waals surface area contributed by atoms with E-state index in [1.54, 1.807) is 0 Å². The van der Waals surface area contributed by atoms with E-state index >= 15 is 0 Å². The van der Waals surface area contributed by atoms with E-state index in [9.17, 15) is 4.57 Å². The second kappa shape index (κ2) is 3.59. The Morgan fingerprint density at radius 3 is 2.15 bits per heavy atom. The Hall–Kier alpha value is -0.680. The lowest BCUT2D eigenvalue weighted by molar-refractivity contribution is 0.572. The van der Waals surface area contributed by atoms with Crippen LogP contribution in [0.1, 0.15) is 26.3 Å². The molecular formula is C11H16OP+. The fourth-order valence-electron chi connectivity index (χ4n) is 1.15. The lowest BCUT2D eigenvalue weighted by Crippen LogP contribution is -2.16. The van der Waals surface area contributed by atoms with Crippen molar-refractivity contribution >= 4 is 13.1 Å². The molecule has 1 unspecified atom stereocenters. The molecular weight excluding hydrogens is 179 g/mol. The summed E-state index contributed by atoms with van der Waals surface area (Å²) in [4.78, 5) is 0. The van der Waals surface area contributed by atoms with Crippen molar-refractivity contribution in [1.29, 1.82) is 0 Å². The number of benzene rings is 1. The molecule has 0 amide bonds. The first-order valence-electron chi connectivity index (χ1n) is 4.46. The summed E-state index contributed by atoms with van der Waals surface area (Å²) < 4.78 is 12.0. The molecule has 0 spiro atoms. The number of hydrogen-bond donors (Lipinski definition) is 0. The van der Waals surface area contributed by atoms with Crippen LogP contribution in [0.25, 0.3) is 0 Å². The van der Waals surface area contributed by atoms with Crippen molar-refractivity contribution in [3.8, 4) is 0 Å². The lowest BCUT2D eigenvalue weighted by Gasteiger charge is -2.05. The number of hydrogen-bond acceptors (Lipinski definition) is 1. The highest BCUT2D eigenvalue weighted by atomic mass is 31.1. The first-order valence-corrected chi connectivity index (χ1v) is 5.72. The van der Waals surface area contributed by atoms with Crippen LogP contribution >= 0.6 is 7.80 Å². The van der Waals surface area contributed by atoms with E-state index in [1.807, 2.05) is 52.0 Å². The monoisotopic (exact) mass is 195 g/mol. The van der Waals surface area contributed by atoms with Crippen LogP contribution in [0.2, 0.25) is 0 Å². The molecule has 1 aromatic carbocycles. The average molecular weight is 195 g/mol. The van der Waals surface area contributed by atoms with E-state index in [-0.39, 0.29) is 5.16 Å². The minimum atomic E-state index is -1.29. The third-order valence-electron chi connectivity index (χ3n) is 1.94. The molecule has 1 aromatic rings. The van der Waals surface area contributed by atoms with E-state index in [0.29, 0.717) is 0 Å². The second-order valence-corrected chi connectivity index (χ2v) is 6.66. The molecule has 0 N–H and O–H groups in total. The van der Waals surface area contributed by atoms with Gasteiger partial charge in [-0.3, -0.25) is 0 Å². The van der Waals surface area contributed by atoms with E-state index in [1.165, 1.54) is 0 Å². The predicted octanol–water partition coefficient (Wildman–Crippen LogP) is 3.25. The highest BCUT2D eigenvalue weighted by molar-refractivity contribution is 7.55. The predicted molar refractivity (Wildman–Crippen MR) is 58.2 cm³/mol. The molecule has 0 radical (unpaired) electrons. The minimum absolute atomic E-state index is 0.137. The van der Waals surface area contributed by atoms with Gasteiger partial charge in [0.2, 0.25) is 0 Å². The quantitative estimate of drug-likeness (QED) is 0.628. The molecule has 1 rings (SSSR count). The van der Waals surface area contributed by atoms with E-state index in [2.05, 4.69) is 0 Å². The molecule has 0 aliphatic carbocycles. The first-order chi connectivity index (χ1) is 5.93. The summed E-state index contributed by atoms with van der Waals surface area (Å²) in [6.45, 7) is 8.04. The zero-order valence-corrected chi connectivity index (χ0v) is 9.56. The SMILES string of the molecule is Cc1ccccc1[P+](=O)C(C)(C)C. The molecule has 0 bridgehead atoms. The maximum Gasteiger partial charge on any atom is 0.382 e. The fraction of sp³-hybridized carbons (Fsp3) is 0.455. The zero-order chi connectivity index (χ0) is 10.1. The Labute approximate surface area is 81.0 Å². The molecule has 0 aromatic heterocycles. The van der Waals surface area contributed by atoms with Gasteiger partial charge in [-0.1, -0.05) is 22.8 Å². The first kappa shape index (κ1) is 10.4. The minimum Gasteiger partial charge on any atom is -0.0675 e. The maximum atomic E-state index is 12.0. The van der Waals surface area contributed by atoms with Crippen molar-refractivity contribution < 1.29 is 4.57 Å². The van der Waals surface area contributed by atoms with Gasteiger partial charge in [-0.25, -0.2) is 0 Å². The molecule has 0 aliphatic rings. The van der Waals surface area contributed by atoms with Crippen LogP contribution in [0.4, 0.5) is 0 Å². The summed E-state index contributed by atoms with van der Waals surface area (Å²) in [5.41, 5.74) is 1.12. The molecule has 70 valence electrons. The van der Waals surface area contributed by atoms with Crippen LogP contribution in [0, 0.1) is 6.92 Å². The third kappa shape index (κ3) is 2.38. The molecule has 1 atom stereocenters. The summed E-state index contributed by atoms with van der Waals surface area (Å²) in [7, 11) is -1.29. The Kier molecular flexibility index (Phi) is 2.87. The van der Waals surface area contributed by atoms with Gasteiger partial charge in [0, 0.05) is 5.56 Å². The van der Waals surface area contributed by atoms with Crippen LogP contribution in [0.3, 0.4) is 0 Å². The van der Waals surface area contributed by atoms with Gasteiger partial charge in [0.25, 0.3) is 0 Å². The Balaban J connectivity index is 3.10. The molecule has 0 aliphatic heterocycles. The van der Waals surface area contributed by atoms with Gasteiger partial charge in [-0.05, 0) is 33.8 Å². The van der Waals surface area contributed by atoms with Gasteiger partial charge >= 0.3 is 7.80 Å². The van der Waals surface area contributed by atoms with Crippen LogP contribution in [-0.4, -0.2) is 5.16 Å². The van der Waals surface area contributed by atoms with Gasteiger partial charge in [0.1, 0.15) is 0 Å². The Bertz CT molecular complexity index is 323. The van der Waals surface area contributed by atoms with Gasteiger partial charge in [-0.2, -0.15) is 0 Å². The summed E-state index contributed by atoms with van der Waals surface area (Å²) in [5.74, 6) is 0. The van der Waals surface area contributed by atoms with Crippen molar-refractivity contribution in [2.24, 2.45) is 0 Å². The second-order valence-electron chi connectivity index (χ2n) is 4.25. The van der Waals surface area contributed by atoms with Crippen LogP contribution in [0.5, 0.6) is 0 Å². The van der Waals surface area contributed by atoms with Crippen molar-refractivity contribution in [2.75, 3.05) is 0 Å². The third-order valence-corrected chi connectivity index (χ3v) is 4.10. The smallest absolute Gasteiger partial charge is 0.0675 e. The average Bonchev–Trinajstić information content (AvgIpc) is 2.02. The molecule has 13 heavy (non-hydrogen) atoms. The van der Waals surface area contributed by atoms with Crippen molar-refractivity contribution in [1.82, 2.24) is 0 Å². The molecule has 2 heteroatoms. The van der Waals surface area contributed by atoms with Crippen molar-refractivity contribution in [3.63, 3.8) is 0 Å². The summed E-state index contributed by atoms with van der Waals surface area (Å²) in [5, 5.41) is 0.853. The van der Waals surface area contributed by atoms with Crippen LogP contribution < -0.4 is 5.30 Å². The highest BCUT2D eigenvalue weighted by Crippen LogP contribution is 2.37. The molecule has 0 saturated heterocycles. The standard InChI is InChI=1S/C11H16OP/c1-9-7-5-6-8-10(9)13(12)11(2,3)4/h5-8H,1-4H3/q+1. The van der Waals surface area contributed by atoms with E-state index in [4.69, 9.17) is 0 Å². The molecule has 0 heterocycles. The van der Waals surface area contributed by atoms with Gasteiger partial charge in [0.05, 0.1) is 0 Å². The number of rotatable bonds is 1. The molecule has 0 fully saturated rings. The summed E-state index contributed by atoms with van der Waals surface area (Å²) in [6, 6.07) is 7.89. The van der Waals surface area contributed by atoms with E-state index < -0.39 is 7.80 Å². The Morgan fingerprint density at radius 2 is 1.69 bits per heavy atom. The number of aryl methyl sites for hydroxylation is 1. The lowest BCUT2D eigenvalue weighted by atomic mass is 10.2. The topological polar surface area (TPSA) is 17.1 Å². The maximum absolute atomic E-state index is 12.0. The zero-order valence-electron chi connectivity index (χ0n) is 8.66. The van der Waals surface area contributed by atoms with Crippen molar-refractivity contribution in [3.05, 3.63) is 29.8 Å². The molecule has 0 saturated carbocycles. The van der Waals surface area contributed by atoms with Crippen molar-refractivity contribution in [2.45, 2.75) is 32.9 Å². The largest absolute Gasteiger partial charge is 0.382 e. The van der Waals surface area contributed by atoms with Gasteiger partial charge < -0.3 is 0 Å². The Morgan fingerprint density at radius 1 is 1.15 bits per heavy atom. The van der Waals surface area contributed by atoms with Gasteiger partial charge in [0.15, 0.2) is 10.5 Å². The van der Waals surface area contributed by atoms with Crippen LogP contribution in [0.15, 0.2) is 24.3 Å². The molecule has 1 nitrogen and oxygen atoms in total. The fourth-order valence-corrected chi connectivity index (χ4v) is 2.49. The van der Waals surface area contributed by atoms with Crippen LogP contribution in [-0.2, 0) is 4.57 Å². The summed E-state index contributed by atoms with van der Waals surface area (Å²) >= 11 is 0. The highest BCUT2D eigenvalue weighted by Gasteiger charge is 2.37. The van der Waals surface area contributed by atoms with Gasteiger partial charge in [-0.15, -0.1) is 0 Å².